The average molecular weight is 422 g/mol. The molecule has 2 amide bonds. The molecule has 29 heavy (non-hydrogen) atoms. The van der Waals surface area contributed by atoms with Crippen molar-refractivity contribution in [1.29, 1.82) is 0 Å². The zero-order chi connectivity index (χ0) is 21.9. The van der Waals surface area contributed by atoms with Gasteiger partial charge in [0.2, 0.25) is 0 Å². The zero-order valence-corrected chi connectivity index (χ0v) is 19.2. The number of nitrogens with one attached hydrogen (secondary N) is 1. The molecule has 7 nitrogen and oxygen atoms in total. The number of urea groups is 1. The van der Waals surface area contributed by atoms with Crippen LogP contribution in [0, 0.1) is 0 Å². The summed E-state index contributed by atoms with van der Waals surface area (Å²) in [5, 5.41) is 4.00. The predicted octanol–water partition coefficient (Wildman–Crippen LogP) is 3.50. The molecule has 0 saturated carbocycles. The van der Waals surface area contributed by atoms with Crippen LogP contribution in [-0.4, -0.2) is 58.1 Å². The number of hydrogen-bond donors (Lipinski definition) is 1. The molecule has 0 aliphatic rings. The summed E-state index contributed by atoms with van der Waals surface area (Å²) in [4.78, 5) is 34.6. The summed E-state index contributed by atoms with van der Waals surface area (Å²) in [6.45, 7) is 11.3. The van der Waals surface area contributed by atoms with Crippen LogP contribution in [0.1, 0.15) is 46.5 Å². The van der Waals surface area contributed by atoms with Gasteiger partial charge >= 0.3 is 6.03 Å². The van der Waals surface area contributed by atoms with Crippen LogP contribution in [-0.2, 0) is 6.54 Å². The molecule has 0 bridgehead atoms. The van der Waals surface area contributed by atoms with Gasteiger partial charge in [-0.25, -0.2) is 9.78 Å². The van der Waals surface area contributed by atoms with Gasteiger partial charge in [-0.15, -0.1) is 0 Å². The number of likely N-dealkylation sites (N-methyl/N-ethyl adjacent to an activating group) is 1. The molecule has 0 radical (unpaired) electrons. The number of aromatic nitrogens is 2. The van der Waals surface area contributed by atoms with E-state index in [4.69, 9.17) is 16.6 Å². The molecule has 8 heteroatoms. The zero-order valence-electron chi connectivity index (χ0n) is 18.4. The van der Waals surface area contributed by atoms with Crippen LogP contribution in [0.2, 0.25) is 5.02 Å². The average Bonchev–Trinajstić information content (AvgIpc) is 2.60. The molecule has 1 heterocycles. The van der Waals surface area contributed by atoms with Crippen LogP contribution in [0.4, 0.5) is 4.79 Å². The number of halogens is 1. The van der Waals surface area contributed by atoms with Crippen molar-refractivity contribution in [2.45, 2.75) is 52.7 Å². The van der Waals surface area contributed by atoms with E-state index < -0.39 is 0 Å². The fourth-order valence-corrected chi connectivity index (χ4v) is 3.32. The number of fused-ring (bicyclic) bond motifs is 1. The molecular weight excluding hydrogens is 390 g/mol. The lowest BCUT2D eigenvalue weighted by Gasteiger charge is -2.34. The molecule has 0 spiro atoms. The lowest BCUT2D eigenvalue weighted by atomic mass is 10.1. The highest BCUT2D eigenvalue weighted by Gasteiger charge is 2.28. The first-order valence-electron chi connectivity index (χ1n) is 9.88. The fraction of sp³-hybridized carbons (Fsp3) is 0.571. The van der Waals surface area contributed by atoms with Gasteiger partial charge in [-0.2, -0.15) is 0 Å². The molecule has 1 N–H and O–H groups in total. The van der Waals surface area contributed by atoms with E-state index in [0.717, 1.165) is 0 Å². The summed E-state index contributed by atoms with van der Waals surface area (Å²) < 4.78 is 1.62. The van der Waals surface area contributed by atoms with Gasteiger partial charge < -0.3 is 15.1 Å². The molecule has 2 aromatic rings. The van der Waals surface area contributed by atoms with E-state index in [1.807, 2.05) is 53.6 Å². The van der Waals surface area contributed by atoms with Gasteiger partial charge in [-0.05, 0) is 66.9 Å². The topological polar surface area (TPSA) is 70.5 Å². The van der Waals surface area contributed by atoms with E-state index in [9.17, 15) is 9.59 Å². The lowest BCUT2D eigenvalue weighted by Crippen LogP contribution is -2.51. The highest BCUT2D eigenvalue weighted by Crippen LogP contribution is 2.22. The Kier molecular flexibility index (Phi) is 7.30. The van der Waals surface area contributed by atoms with Gasteiger partial charge in [0.05, 0.1) is 16.9 Å². The fourth-order valence-electron chi connectivity index (χ4n) is 3.15. The summed E-state index contributed by atoms with van der Waals surface area (Å²) in [5.41, 5.74) is 0.0610. The number of amides is 2. The molecule has 1 unspecified atom stereocenters. The van der Waals surface area contributed by atoms with Gasteiger partial charge in [0, 0.05) is 30.2 Å². The summed E-state index contributed by atoms with van der Waals surface area (Å²) >= 11 is 6.07. The number of nitrogens with zero attached hydrogens (tertiary/aromatic N) is 4. The molecular formula is C21H32ClN5O2. The van der Waals surface area contributed by atoms with Gasteiger partial charge in [0.25, 0.3) is 5.56 Å². The van der Waals surface area contributed by atoms with Crippen molar-refractivity contribution in [2.75, 3.05) is 27.2 Å². The first-order valence-corrected chi connectivity index (χ1v) is 10.3. The number of carbonyl (C=O) groups is 1. The Hall–Kier alpha value is -2.12. The summed E-state index contributed by atoms with van der Waals surface area (Å²) in [7, 11) is 3.93. The van der Waals surface area contributed by atoms with Crippen molar-refractivity contribution >= 4 is 28.5 Å². The van der Waals surface area contributed by atoms with E-state index in [1.165, 1.54) is 0 Å². The van der Waals surface area contributed by atoms with Crippen molar-refractivity contribution in [3.05, 3.63) is 39.4 Å². The molecule has 0 fully saturated rings. The molecule has 0 aliphatic carbocycles. The Bertz CT molecular complexity index is 933. The molecule has 0 saturated heterocycles. The van der Waals surface area contributed by atoms with Crippen molar-refractivity contribution in [1.82, 2.24) is 24.7 Å². The summed E-state index contributed by atoms with van der Waals surface area (Å²) in [5.74, 6) is 0.565. The van der Waals surface area contributed by atoms with Crippen molar-refractivity contribution in [2.24, 2.45) is 0 Å². The van der Waals surface area contributed by atoms with Crippen LogP contribution in [0.25, 0.3) is 10.9 Å². The largest absolute Gasteiger partial charge is 0.333 e. The van der Waals surface area contributed by atoms with E-state index in [-0.39, 0.29) is 23.2 Å². The number of benzene rings is 1. The van der Waals surface area contributed by atoms with Crippen molar-refractivity contribution in [3.8, 4) is 0 Å². The second kappa shape index (κ2) is 9.13. The van der Waals surface area contributed by atoms with E-state index >= 15 is 0 Å². The van der Waals surface area contributed by atoms with Crippen LogP contribution in [0.15, 0.2) is 23.0 Å². The maximum atomic E-state index is 13.1. The number of carbonyl (C=O) groups excluding carboxylic acids is 1. The third-order valence-corrected chi connectivity index (χ3v) is 4.87. The van der Waals surface area contributed by atoms with Gasteiger partial charge in [-0.1, -0.05) is 11.6 Å². The standard InChI is InChI=1S/C21H32ClN5O2/c1-8-26-18(23-17-10-9-15(22)13-16(17)19(26)28)14(2)27(12-11-25(6)7)20(29)24-21(3,4)5/h9-10,13-14H,8,11-12H2,1-7H3,(H,24,29). The minimum absolute atomic E-state index is 0.148. The second-order valence-electron chi connectivity index (χ2n) is 8.53. The van der Waals surface area contributed by atoms with Gasteiger partial charge in [0.1, 0.15) is 5.82 Å². The number of rotatable bonds is 6. The van der Waals surface area contributed by atoms with E-state index in [0.29, 0.717) is 41.4 Å². The maximum Gasteiger partial charge on any atom is 0.318 e. The summed E-state index contributed by atoms with van der Waals surface area (Å²) in [6.07, 6.45) is 0. The Labute approximate surface area is 177 Å². The Morgan fingerprint density at radius 2 is 1.93 bits per heavy atom. The Balaban J connectivity index is 2.55. The third kappa shape index (κ3) is 5.70. The van der Waals surface area contributed by atoms with Crippen LogP contribution in [0.5, 0.6) is 0 Å². The highest BCUT2D eigenvalue weighted by atomic mass is 35.5. The van der Waals surface area contributed by atoms with Crippen LogP contribution in [0.3, 0.4) is 0 Å². The molecule has 1 atom stereocenters. The molecule has 0 aliphatic heterocycles. The second-order valence-corrected chi connectivity index (χ2v) is 8.97. The van der Waals surface area contributed by atoms with Crippen LogP contribution >= 0.6 is 11.6 Å². The van der Waals surface area contributed by atoms with E-state index in [2.05, 4.69) is 5.32 Å². The Morgan fingerprint density at radius 1 is 1.28 bits per heavy atom. The third-order valence-electron chi connectivity index (χ3n) is 4.63. The molecule has 2 rings (SSSR count). The summed E-state index contributed by atoms with van der Waals surface area (Å²) in [6, 6.07) is 4.54. The quantitative estimate of drug-likeness (QED) is 0.774. The SMILES string of the molecule is CCn1c(C(C)N(CCN(C)C)C(=O)NC(C)(C)C)nc2ccc(Cl)cc2c1=O. The molecule has 1 aromatic heterocycles. The monoisotopic (exact) mass is 421 g/mol. The van der Waals surface area contributed by atoms with Crippen molar-refractivity contribution in [3.63, 3.8) is 0 Å². The first-order chi connectivity index (χ1) is 13.4. The molecule has 1 aromatic carbocycles. The Morgan fingerprint density at radius 3 is 2.48 bits per heavy atom. The number of hydrogen-bond acceptors (Lipinski definition) is 4. The minimum Gasteiger partial charge on any atom is -0.333 e. The highest BCUT2D eigenvalue weighted by molar-refractivity contribution is 6.31. The minimum atomic E-state index is -0.384. The van der Waals surface area contributed by atoms with Gasteiger partial charge in [0.15, 0.2) is 0 Å². The predicted molar refractivity (Wildman–Crippen MR) is 119 cm³/mol. The normalized spacial score (nSPS) is 13.0. The maximum absolute atomic E-state index is 13.1. The lowest BCUT2D eigenvalue weighted by molar-refractivity contribution is 0.159. The van der Waals surface area contributed by atoms with Crippen molar-refractivity contribution < 1.29 is 4.79 Å². The van der Waals surface area contributed by atoms with E-state index in [1.54, 1.807) is 27.7 Å². The first kappa shape index (κ1) is 23.2. The van der Waals surface area contributed by atoms with Gasteiger partial charge in [-0.3, -0.25) is 9.36 Å². The smallest absolute Gasteiger partial charge is 0.318 e. The van der Waals surface area contributed by atoms with Crippen LogP contribution < -0.4 is 10.9 Å². The molecule has 160 valence electrons.